The monoisotopic (exact) mass is 466 g/mol. The van der Waals surface area contributed by atoms with Crippen molar-refractivity contribution in [3.05, 3.63) is 42.0 Å². The SMILES string of the molecule is COc1ccc(C2=NC(C(Cl)(Cl)Cl)N(CC3CCN(C)CC3)C=N2)c2ccccc12. The number of hydrogen-bond acceptors (Lipinski definition) is 5. The van der Waals surface area contributed by atoms with Gasteiger partial charge in [-0.05, 0) is 56.4 Å². The average molecular weight is 468 g/mol. The summed E-state index contributed by atoms with van der Waals surface area (Å²) < 4.78 is 3.94. The van der Waals surface area contributed by atoms with Crippen LogP contribution in [-0.4, -0.2) is 65.7 Å². The third-order valence-electron chi connectivity index (χ3n) is 5.83. The number of rotatable bonds is 4. The second-order valence-electron chi connectivity index (χ2n) is 7.92. The molecular weight excluding hydrogens is 443 g/mol. The van der Waals surface area contributed by atoms with Gasteiger partial charge in [-0.25, -0.2) is 9.98 Å². The third kappa shape index (κ3) is 4.54. The number of amidine groups is 1. The van der Waals surface area contributed by atoms with Crippen LogP contribution in [0.3, 0.4) is 0 Å². The van der Waals surface area contributed by atoms with E-state index in [2.05, 4.69) is 16.9 Å². The first-order valence-electron chi connectivity index (χ1n) is 10.1. The number of benzene rings is 2. The summed E-state index contributed by atoms with van der Waals surface area (Å²) in [5, 5.41) is 1.99. The van der Waals surface area contributed by atoms with Crippen molar-refractivity contribution in [1.82, 2.24) is 9.80 Å². The van der Waals surface area contributed by atoms with Crippen LogP contribution in [0.2, 0.25) is 0 Å². The van der Waals surface area contributed by atoms with Gasteiger partial charge in [0, 0.05) is 17.5 Å². The van der Waals surface area contributed by atoms with E-state index in [1.165, 1.54) is 0 Å². The molecule has 0 N–H and O–H groups in total. The van der Waals surface area contributed by atoms with E-state index >= 15 is 0 Å². The highest BCUT2D eigenvalue weighted by Gasteiger charge is 2.39. The quantitative estimate of drug-likeness (QED) is 0.596. The van der Waals surface area contributed by atoms with Gasteiger partial charge >= 0.3 is 0 Å². The molecule has 2 aromatic carbocycles. The Labute approximate surface area is 192 Å². The fraction of sp³-hybridized carbons (Fsp3) is 0.455. The number of alkyl halides is 3. The van der Waals surface area contributed by atoms with Gasteiger partial charge in [0.15, 0.2) is 12.0 Å². The minimum Gasteiger partial charge on any atom is -0.496 e. The van der Waals surface area contributed by atoms with Gasteiger partial charge in [-0.15, -0.1) is 0 Å². The van der Waals surface area contributed by atoms with Crippen LogP contribution in [0.4, 0.5) is 0 Å². The van der Waals surface area contributed by atoms with Crippen LogP contribution in [-0.2, 0) is 0 Å². The van der Waals surface area contributed by atoms with Crippen molar-refractivity contribution in [3.63, 3.8) is 0 Å². The molecule has 30 heavy (non-hydrogen) atoms. The second kappa shape index (κ2) is 8.91. The summed E-state index contributed by atoms with van der Waals surface area (Å²) in [4.78, 5) is 13.8. The second-order valence-corrected chi connectivity index (χ2v) is 10.3. The minimum atomic E-state index is -1.56. The molecule has 1 atom stereocenters. The van der Waals surface area contributed by atoms with E-state index in [1.54, 1.807) is 13.4 Å². The number of nitrogens with zero attached hydrogens (tertiary/aromatic N) is 4. The molecule has 2 aliphatic rings. The van der Waals surface area contributed by atoms with E-state index in [4.69, 9.17) is 44.5 Å². The smallest absolute Gasteiger partial charge is 0.230 e. The Morgan fingerprint density at radius 3 is 2.43 bits per heavy atom. The van der Waals surface area contributed by atoms with Crippen molar-refractivity contribution in [2.75, 3.05) is 33.8 Å². The van der Waals surface area contributed by atoms with Gasteiger partial charge in [0.1, 0.15) is 5.75 Å². The molecule has 4 rings (SSSR count). The molecular formula is C22H25Cl3N4O. The van der Waals surface area contributed by atoms with E-state index in [9.17, 15) is 0 Å². The summed E-state index contributed by atoms with van der Waals surface area (Å²) in [6.07, 6.45) is 3.39. The molecule has 2 aliphatic heterocycles. The molecule has 1 unspecified atom stereocenters. The number of halogens is 3. The van der Waals surface area contributed by atoms with Gasteiger partial charge in [-0.3, -0.25) is 0 Å². The molecule has 0 saturated carbocycles. The Hall–Kier alpha value is -1.53. The zero-order valence-corrected chi connectivity index (χ0v) is 19.3. The predicted octanol–water partition coefficient (Wildman–Crippen LogP) is 4.98. The predicted molar refractivity (Wildman–Crippen MR) is 127 cm³/mol. The minimum absolute atomic E-state index is 0.529. The van der Waals surface area contributed by atoms with Crippen LogP contribution >= 0.6 is 34.8 Å². The topological polar surface area (TPSA) is 40.4 Å². The van der Waals surface area contributed by atoms with E-state index in [-0.39, 0.29) is 0 Å². The largest absolute Gasteiger partial charge is 0.496 e. The lowest BCUT2D eigenvalue weighted by Gasteiger charge is -2.38. The van der Waals surface area contributed by atoms with Crippen molar-refractivity contribution in [3.8, 4) is 5.75 Å². The molecule has 8 heteroatoms. The molecule has 5 nitrogen and oxygen atoms in total. The highest BCUT2D eigenvalue weighted by molar-refractivity contribution is 6.68. The van der Waals surface area contributed by atoms with Crippen molar-refractivity contribution in [1.29, 1.82) is 0 Å². The molecule has 160 valence electrons. The Bertz CT molecular complexity index is 964. The van der Waals surface area contributed by atoms with E-state index in [1.807, 2.05) is 41.3 Å². The summed E-state index contributed by atoms with van der Waals surface area (Å²) in [7, 11) is 3.82. The number of piperidine rings is 1. The maximum atomic E-state index is 6.36. The number of aliphatic imine (C=N–C) groups is 2. The normalized spacial score (nSPS) is 21.2. The fourth-order valence-electron chi connectivity index (χ4n) is 4.15. The standard InChI is InChI=1S/C22H25Cl3N4O/c1-28-11-9-15(10-12-28)13-29-14-26-20(27-21(29)22(23,24)25)18-7-8-19(30-2)17-6-4-3-5-16(17)18/h3-8,14-15,21H,9-13H2,1-2H3. The summed E-state index contributed by atoms with van der Waals surface area (Å²) in [5.41, 5.74) is 0.890. The first-order chi connectivity index (χ1) is 14.4. The van der Waals surface area contributed by atoms with Crippen LogP contribution in [0.1, 0.15) is 18.4 Å². The van der Waals surface area contributed by atoms with Crippen molar-refractivity contribution < 1.29 is 4.74 Å². The third-order valence-corrected chi connectivity index (χ3v) is 6.42. The zero-order chi connectivity index (χ0) is 21.3. The van der Waals surface area contributed by atoms with E-state index in [0.717, 1.165) is 54.6 Å². The Balaban J connectivity index is 1.65. The molecule has 0 spiro atoms. The molecule has 2 heterocycles. The van der Waals surface area contributed by atoms with Crippen LogP contribution in [0, 0.1) is 5.92 Å². The van der Waals surface area contributed by atoms with Gasteiger partial charge < -0.3 is 14.5 Å². The van der Waals surface area contributed by atoms with Crippen LogP contribution in [0.15, 0.2) is 46.4 Å². The van der Waals surface area contributed by atoms with Gasteiger partial charge in [-0.2, -0.15) is 0 Å². The summed E-state index contributed by atoms with van der Waals surface area (Å²) in [5.74, 6) is 1.89. The molecule has 0 radical (unpaired) electrons. The van der Waals surface area contributed by atoms with Gasteiger partial charge in [0.2, 0.25) is 3.79 Å². The maximum absolute atomic E-state index is 6.36. The van der Waals surface area contributed by atoms with E-state index < -0.39 is 9.96 Å². The summed E-state index contributed by atoms with van der Waals surface area (Å²) in [6.45, 7) is 2.94. The first kappa shape index (κ1) is 21.7. The van der Waals surface area contributed by atoms with Gasteiger partial charge in [-0.1, -0.05) is 59.1 Å². The van der Waals surface area contributed by atoms with Crippen molar-refractivity contribution in [2.45, 2.75) is 22.8 Å². The molecule has 0 aliphatic carbocycles. The summed E-state index contributed by atoms with van der Waals surface area (Å²) in [6, 6.07) is 11.9. The number of ether oxygens (including phenoxy) is 1. The number of fused-ring (bicyclic) bond motifs is 1. The Morgan fingerprint density at radius 2 is 1.77 bits per heavy atom. The Kier molecular flexibility index (Phi) is 6.44. The van der Waals surface area contributed by atoms with Crippen molar-refractivity contribution in [2.24, 2.45) is 15.9 Å². The molecule has 0 aromatic heterocycles. The molecule has 0 amide bonds. The molecule has 1 fully saturated rings. The number of likely N-dealkylation sites (tertiary alicyclic amines) is 1. The number of methoxy groups -OCH3 is 1. The first-order valence-corrected chi connectivity index (χ1v) is 11.2. The highest BCUT2D eigenvalue weighted by atomic mass is 35.6. The molecule has 0 bridgehead atoms. The highest BCUT2D eigenvalue weighted by Crippen LogP contribution is 2.37. The molecule has 1 saturated heterocycles. The van der Waals surface area contributed by atoms with Crippen molar-refractivity contribution >= 4 is 57.7 Å². The summed E-state index contributed by atoms with van der Waals surface area (Å²) >= 11 is 19.1. The molecule has 2 aromatic rings. The lowest BCUT2D eigenvalue weighted by Crippen LogP contribution is -2.48. The van der Waals surface area contributed by atoms with Gasteiger partial charge in [0.05, 0.1) is 13.4 Å². The van der Waals surface area contributed by atoms with Gasteiger partial charge in [0.25, 0.3) is 0 Å². The fourth-order valence-corrected chi connectivity index (χ4v) is 4.67. The lowest BCUT2D eigenvalue weighted by atomic mass is 9.96. The Morgan fingerprint density at radius 1 is 1.07 bits per heavy atom. The average Bonchev–Trinajstić information content (AvgIpc) is 2.74. The zero-order valence-electron chi connectivity index (χ0n) is 17.1. The number of hydrogen-bond donors (Lipinski definition) is 0. The maximum Gasteiger partial charge on any atom is 0.230 e. The van der Waals surface area contributed by atoms with E-state index in [0.29, 0.717) is 11.8 Å². The van der Waals surface area contributed by atoms with Crippen LogP contribution in [0.25, 0.3) is 10.8 Å². The van der Waals surface area contributed by atoms with Crippen LogP contribution in [0.5, 0.6) is 5.75 Å². The lowest BCUT2D eigenvalue weighted by molar-refractivity contribution is 0.179. The van der Waals surface area contributed by atoms with Crippen LogP contribution < -0.4 is 4.74 Å².